The Bertz CT molecular complexity index is 786. The number of amides is 1. The molecule has 0 unspecified atom stereocenters. The molecule has 0 aliphatic carbocycles. The number of H-pyrrole nitrogens is 1. The molecule has 0 saturated heterocycles. The normalized spacial score (nSPS) is 12.0. The quantitative estimate of drug-likeness (QED) is 0.775. The summed E-state index contributed by atoms with van der Waals surface area (Å²) < 4.78 is 0. The molecule has 1 aromatic heterocycles. The van der Waals surface area contributed by atoms with E-state index >= 15 is 0 Å². The summed E-state index contributed by atoms with van der Waals surface area (Å²) in [6, 6.07) is 17.4. The molecular weight excluding hydrogens is 274 g/mol. The lowest BCUT2D eigenvalue weighted by molar-refractivity contribution is -0.375. The highest BCUT2D eigenvalue weighted by Gasteiger charge is 2.18. The van der Waals surface area contributed by atoms with Crippen LogP contribution in [0.4, 0.5) is 5.69 Å². The van der Waals surface area contributed by atoms with Gasteiger partial charge in [0.15, 0.2) is 12.4 Å². The summed E-state index contributed by atoms with van der Waals surface area (Å²) in [4.78, 5) is 15.5. The van der Waals surface area contributed by atoms with E-state index in [-0.39, 0.29) is 18.4 Å². The highest BCUT2D eigenvalue weighted by atomic mass is 16.1. The first-order chi connectivity index (χ1) is 10.8. The van der Waals surface area contributed by atoms with E-state index in [1.54, 1.807) is 0 Å². The zero-order valence-electron chi connectivity index (χ0n) is 12.1. The fourth-order valence-corrected chi connectivity index (χ4v) is 2.51. The number of hydrogen-bond donors (Lipinski definition) is 2. The summed E-state index contributed by atoms with van der Waals surface area (Å²) in [6.07, 6.45) is 3.79. The van der Waals surface area contributed by atoms with E-state index < -0.39 is 0 Å². The van der Waals surface area contributed by atoms with Crippen LogP contribution in [0, 0.1) is 0 Å². The standard InChI is InChI=1S/C18H17N3O/c19-11-17(13-4-2-1-3-5-13)18(22)21-16-7-6-15-12-20-9-8-14(15)10-16/h1-10,12,17H,11,19H2,(H,21,22)/p+1/t17-/m1/s1. The molecule has 0 aliphatic heterocycles. The van der Waals surface area contributed by atoms with Crippen molar-refractivity contribution in [2.24, 2.45) is 5.73 Å². The van der Waals surface area contributed by atoms with Crippen molar-refractivity contribution < 1.29 is 9.78 Å². The molecule has 0 bridgehead atoms. The topological polar surface area (TPSA) is 69.3 Å². The highest BCUT2D eigenvalue weighted by molar-refractivity contribution is 5.98. The lowest BCUT2D eigenvalue weighted by Gasteiger charge is -2.15. The predicted molar refractivity (Wildman–Crippen MR) is 87.4 cm³/mol. The SMILES string of the molecule is NC[C@@H](C(=O)Nc1ccc2c[nH+]ccc2c1)c1ccccc1. The Morgan fingerprint density at radius 2 is 1.91 bits per heavy atom. The minimum atomic E-state index is -0.346. The summed E-state index contributed by atoms with van der Waals surface area (Å²) in [5.74, 6) is -0.434. The Hall–Kier alpha value is -2.72. The summed E-state index contributed by atoms with van der Waals surface area (Å²) in [5, 5.41) is 5.12. The van der Waals surface area contributed by atoms with E-state index in [1.165, 1.54) is 0 Å². The van der Waals surface area contributed by atoms with Crippen molar-refractivity contribution in [3.8, 4) is 0 Å². The first-order valence-electron chi connectivity index (χ1n) is 7.23. The summed E-state index contributed by atoms with van der Waals surface area (Å²) in [6.45, 7) is 0.276. The van der Waals surface area contributed by atoms with Gasteiger partial charge in [0, 0.05) is 23.7 Å². The molecule has 0 aliphatic rings. The van der Waals surface area contributed by atoms with Gasteiger partial charge in [-0.15, -0.1) is 0 Å². The molecule has 110 valence electrons. The first kappa shape index (κ1) is 14.2. The Labute approximate surface area is 129 Å². The molecule has 4 heteroatoms. The molecule has 3 rings (SSSR count). The van der Waals surface area contributed by atoms with Crippen molar-refractivity contribution in [2.75, 3.05) is 11.9 Å². The number of aromatic amines is 1. The third-order valence-corrected chi connectivity index (χ3v) is 3.71. The number of pyridine rings is 1. The third kappa shape index (κ3) is 2.97. The number of hydrogen-bond acceptors (Lipinski definition) is 2. The zero-order valence-corrected chi connectivity index (χ0v) is 12.1. The van der Waals surface area contributed by atoms with Crippen molar-refractivity contribution in [2.45, 2.75) is 5.92 Å². The minimum absolute atomic E-state index is 0.0875. The Morgan fingerprint density at radius 1 is 1.09 bits per heavy atom. The number of anilines is 1. The van der Waals surface area contributed by atoms with Gasteiger partial charge in [0.2, 0.25) is 5.91 Å². The van der Waals surface area contributed by atoms with Crippen LogP contribution < -0.4 is 16.0 Å². The van der Waals surface area contributed by atoms with Gasteiger partial charge in [0.1, 0.15) is 0 Å². The van der Waals surface area contributed by atoms with Crippen LogP contribution >= 0.6 is 0 Å². The van der Waals surface area contributed by atoms with Crippen molar-refractivity contribution in [3.63, 3.8) is 0 Å². The number of benzene rings is 2. The maximum absolute atomic E-state index is 12.5. The lowest BCUT2D eigenvalue weighted by Crippen LogP contribution is -2.27. The Balaban J connectivity index is 1.82. The summed E-state index contributed by atoms with van der Waals surface area (Å²) in [5.41, 5.74) is 7.49. The molecule has 3 aromatic rings. The van der Waals surface area contributed by atoms with Crippen molar-refractivity contribution in [1.29, 1.82) is 0 Å². The molecule has 1 atom stereocenters. The van der Waals surface area contributed by atoms with Gasteiger partial charge in [-0.05, 0) is 29.1 Å². The van der Waals surface area contributed by atoms with Gasteiger partial charge in [-0.2, -0.15) is 0 Å². The molecule has 1 heterocycles. The van der Waals surface area contributed by atoms with Gasteiger partial charge < -0.3 is 11.1 Å². The fourth-order valence-electron chi connectivity index (χ4n) is 2.51. The van der Waals surface area contributed by atoms with Crippen LogP contribution in [-0.2, 0) is 4.79 Å². The van der Waals surface area contributed by atoms with Gasteiger partial charge >= 0.3 is 0 Å². The lowest BCUT2D eigenvalue weighted by atomic mass is 9.98. The minimum Gasteiger partial charge on any atom is -0.329 e. The Kier molecular flexibility index (Phi) is 4.12. The largest absolute Gasteiger partial charge is 0.329 e. The number of nitrogens with one attached hydrogen (secondary N) is 2. The van der Waals surface area contributed by atoms with Crippen molar-refractivity contribution in [1.82, 2.24) is 0 Å². The third-order valence-electron chi connectivity index (χ3n) is 3.71. The van der Waals surface area contributed by atoms with Crippen LogP contribution in [0.5, 0.6) is 0 Å². The molecule has 0 spiro atoms. The number of carbonyl (C=O) groups excluding carboxylic acids is 1. The number of nitrogens with two attached hydrogens (primary N) is 1. The van der Waals surface area contributed by atoms with Gasteiger partial charge in [-0.25, -0.2) is 4.98 Å². The molecule has 4 N–H and O–H groups in total. The van der Waals surface area contributed by atoms with E-state index in [4.69, 9.17) is 5.73 Å². The molecule has 0 radical (unpaired) electrons. The van der Waals surface area contributed by atoms with Crippen LogP contribution in [0.25, 0.3) is 10.8 Å². The number of rotatable bonds is 4. The zero-order chi connectivity index (χ0) is 15.4. The maximum atomic E-state index is 12.5. The van der Waals surface area contributed by atoms with E-state index in [2.05, 4.69) is 10.3 Å². The molecule has 0 fully saturated rings. The number of aromatic nitrogens is 1. The maximum Gasteiger partial charge on any atom is 0.233 e. The second kappa shape index (κ2) is 6.37. The molecular formula is C18H18N3O+. The van der Waals surface area contributed by atoms with Crippen molar-refractivity contribution >= 4 is 22.4 Å². The van der Waals surface area contributed by atoms with E-state index in [9.17, 15) is 4.79 Å². The summed E-state index contributed by atoms with van der Waals surface area (Å²) >= 11 is 0. The first-order valence-corrected chi connectivity index (χ1v) is 7.23. The van der Waals surface area contributed by atoms with E-state index in [1.807, 2.05) is 67.0 Å². The van der Waals surface area contributed by atoms with Crippen LogP contribution in [0.3, 0.4) is 0 Å². The average Bonchev–Trinajstić information content (AvgIpc) is 2.56. The van der Waals surface area contributed by atoms with Crippen LogP contribution in [0.1, 0.15) is 11.5 Å². The number of fused-ring (bicyclic) bond motifs is 1. The van der Waals surface area contributed by atoms with E-state index in [0.717, 1.165) is 22.0 Å². The van der Waals surface area contributed by atoms with Crippen LogP contribution in [0.2, 0.25) is 0 Å². The van der Waals surface area contributed by atoms with Gasteiger partial charge in [-0.3, -0.25) is 4.79 Å². The molecule has 2 aromatic carbocycles. The van der Waals surface area contributed by atoms with Crippen LogP contribution in [0.15, 0.2) is 67.0 Å². The fraction of sp³-hybridized carbons (Fsp3) is 0.111. The van der Waals surface area contributed by atoms with Gasteiger partial charge in [0.05, 0.1) is 5.92 Å². The van der Waals surface area contributed by atoms with Gasteiger partial charge in [-0.1, -0.05) is 30.3 Å². The monoisotopic (exact) mass is 292 g/mol. The van der Waals surface area contributed by atoms with Crippen LogP contribution in [-0.4, -0.2) is 12.5 Å². The summed E-state index contributed by atoms with van der Waals surface area (Å²) in [7, 11) is 0. The van der Waals surface area contributed by atoms with Gasteiger partial charge in [0.25, 0.3) is 0 Å². The van der Waals surface area contributed by atoms with Crippen molar-refractivity contribution in [3.05, 3.63) is 72.6 Å². The average molecular weight is 292 g/mol. The molecule has 22 heavy (non-hydrogen) atoms. The smallest absolute Gasteiger partial charge is 0.233 e. The predicted octanol–water partition coefficient (Wildman–Crippen LogP) is 2.33. The molecule has 0 saturated carbocycles. The van der Waals surface area contributed by atoms with E-state index in [0.29, 0.717) is 0 Å². The molecule has 4 nitrogen and oxygen atoms in total. The second-order valence-electron chi connectivity index (χ2n) is 5.18. The number of carbonyl (C=O) groups is 1. The second-order valence-corrected chi connectivity index (χ2v) is 5.18. The Morgan fingerprint density at radius 3 is 2.68 bits per heavy atom. The molecule has 1 amide bonds. The highest BCUT2D eigenvalue weighted by Crippen LogP contribution is 2.20.